The Morgan fingerprint density at radius 2 is 1.18 bits per heavy atom. The lowest BCUT2D eigenvalue weighted by atomic mass is 9.99. The van der Waals surface area contributed by atoms with E-state index in [1.165, 1.54) is 77.0 Å². The van der Waals surface area contributed by atoms with Crippen LogP contribution < -0.4 is 0 Å². The van der Waals surface area contributed by atoms with Crippen molar-refractivity contribution in [2.75, 3.05) is 14.2 Å². The van der Waals surface area contributed by atoms with Crippen molar-refractivity contribution in [3.8, 4) is 0 Å². The number of methoxy groups -OCH3 is 2. The molecule has 28 heavy (non-hydrogen) atoms. The van der Waals surface area contributed by atoms with Gasteiger partial charge < -0.3 is 9.47 Å². The summed E-state index contributed by atoms with van der Waals surface area (Å²) in [5.41, 5.74) is 3.39. The third-order valence-electron chi connectivity index (χ3n) is 7.13. The summed E-state index contributed by atoms with van der Waals surface area (Å²) in [6.07, 6.45) is 24.5. The van der Waals surface area contributed by atoms with E-state index in [1.807, 2.05) is 14.2 Å². The smallest absolute Gasteiger partial charge is 0.0568 e. The fourth-order valence-corrected chi connectivity index (χ4v) is 5.11. The SMILES string of the molecule is CCC(CCCCC1C=C(C2=CC(CCCCC(CC)OC)CC2)CC1)OC. The minimum absolute atomic E-state index is 0.470. The molecule has 0 spiro atoms. The third kappa shape index (κ3) is 8.03. The van der Waals surface area contributed by atoms with Gasteiger partial charge in [0.05, 0.1) is 12.2 Å². The first-order chi connectivity index (χ1) is 13.7. The lowest BCUT2D eigenvalue weighted by Gasteiger charge is -2.13. The van der Waals surface area contributed by atoms with Gasteiger partial charge >= 0.3 is 0 Å². The number of hydrogen-bond acceptors (Lipinski definition) is 2. The zero-order valence-corrected chi connectivity index (χ0v) is 19.2. The van der Waals surface area contributed by atoms with Crippen molar-refractivity contribution in [1.82, 2.24) is 0 Å². The van der Waals surface area contributed by atoms with E-state index < -0.39 is 0 Å². The predicted molar refractivity (Wildman–Crippen MR) is 121 cm³/mol. The van der Waals surface area contributed by atoms with Gasteiger partial charge in [0.1, 0.15) is 0 Å². The van der Waals surface area contributed by atoms with E-state index in [9.17, 15) is 0 Å². The Bertz CT molecular complexity index is 427. The van der Waals surface area contributed by atoms with Crippen LogP contribution in [0.3, 0.4) is 0 Å². The average Bonchev–Trinajstić information content (AvgIpc) is 3.38. The molecule has 2 nitrogen and oxygen atoms in total. The second kappa shape index (κ2) is 13.6. The Labute approximate surface area is 175 Å². The quantitative estimate of drug-likeness (QED) is 0.268. The maximum atomic E-state index is 5.50. The van der Waals surface area contributed by atoms with Crippen molar-refractivity contribution in [2.45, 2.75) is 116 Å². The summed E-state index contributed by atoms with van der Waals surface area (Å²) in [6.45, 7) is 4.45. The highest BCUT2D eigenvalue weighted by atomic mass is 16.5. The van der Waals surface area contributed by atoms with E-state index in [-0.39, 0.29) is 0 Å². The van der Waals surface area contributed by atoms with Gasteiger partial charge in [0.2, 0.25) is 0 Å². The van der Waals surface area contributed by atoms with E-state index >= 15 is 0 Å². The summed E-state index contributed by atoms with van der Waals surface area (Å²) in [6, 6.07) is 0. The van der Waals surface area contributed by atoms with Gasteiger partial charge in [0.15, 0.2) is 0 Å². The molecule has 162 valence electrons. The van der Waals surface area contributed by atoms with Gasteiger partial charge in [-0.3, -0.25) is 0 Å². The second-order valence-electron chi connectivity index (χ2n) is 9.08. The molecule has 2 aliphatic rings. The first-order valence-electron chi connectivity index (χ1n) is 12.2. The summed E-state index contributed by atoms with van der Waals surface area (Å²) in [4.78, 5) is 0. The monoisotopic (exact) mass is 390 g/mol. The summed E-state index contributed by atoms with van der Waals surface area (Å²) in [5, 5.41) is 0. The lowest BCUT2D eigenvalue weighted by Crippen LogP contribution is -2.08. The standard InChI is InChI=1S/C26H46O2/c1-5-25(27-3)13-9-7-11-21-15-17-23(19-21)24-18-16-22(20-24)12-8-10-14-26(6-2)28-4/h19-22,25-26H,5-18H2,1-4H3. The first kappa shape index (κ1) is 23.7. The molecule has 0 aromatic carbocycles. The predicted octanol–water partition coefficient (Wildman–Crippen LogP) is 7.63. The summed E-state index contributed by atoms with van der Waals surface area (Å²) in [7, 11) is 3.70. The van der Waals surface area contributed by atoms with Crippen LogP contribution in [0, 0.1) is 11.8 Å². The molecular weight excluding hydrogens is 344 g/mol. The molecule has 2 heteroatoms. The van der Waals surface area contributed by atoms with Crippen LogP contribution in [0.4, 0.5) is 0 Å². The normalized spacial score (nSPS) is 24.3. The Balaban J connectivity index is 1.65. The van der Waals surface area contributed by atoms with Crippen LogP contribution in [-0.2, 0) is 9.47 Å². The fourth-order valence-electron chi connectivity index (χ4n) is 5.11. The van der Waals surface area contributed by atoms with Crippen LogP contribution in [-0.4, -0.2) is 26.4 Å². The lowest BCUT2D eigenvalue weighted by molar-refractivity contribution is 0.0894. The number of hydrogen-bond donors (Lipinski definition) is 0. The second-order valence-corrected chi connectivity index (χ2v) is 9.08. The van der Waals surface area contributed by atoms with Gasteiger partial charge in [-0.05, 0) is 87.2 Å². The first-order valence-corrected chi connectivity index (χ1v) is 12.2. The molecule has 0 aromatic rings. The molecule has 2 aliphatic carbocycles. The van der Waals surface area contributed by atoms with Crippen LogP contribution in [0.2, 0.25) is 0 Å². The molecule has 0 amide bonds. The Hall–Kier alpha value is -0.600. The van der Waals surface area contributed by atoms with E-state index in [1.54, 1.807) is 11.1 Å². The molecule has 2 rings (SSSR count). The number of ether oxygens (including phenoxy) is 2. The minimum Gasteiger partial charge on any atom is -0.381 e. The van der Waals surface area contributed by atoms with Crippen LogP contribution in [0.15, 0.2) is 23.3 Å². The highest BCUT2D eigenvalue weighted by Crippen LogP contribution is 2.39. The van der Waals surface area contributed by atoms with Gasteiger partial charge in [-0.15, -0.1) is 0 Å². The Morgan fingerprint density at radius 1 is 0.750 bits per heavy atom. The molecule has 0 heterocycles. The van der Waals surface area contributed by atoms with Crippen LogP contribution in [0.5, 0.6) is 0 Å². The van der Waals surface area contributed by atoms with Gasteiger partial charge in [-0.25, -0.2) is 0 Å². The van der Waals surface area contributed by atoms with Crippen LogP contribution in [0.25, 0.3) is 0 Å². The zero-order valence-electron chi connectivity index (χ0n) is 19.2. The van der Waals surface area contributed by atoms with Gasteiger partial charge in [0, 0.05) is 14.2 Å². The largest absolute Gasteiger partial charge is 0.381 e. The molecule has 4 atom stereocenters. The Morgan fingerprint density at radius 3 is 1.54 bits per heavy atom. The molecule has 0 saturated carbocycles. The molecule has 0 fully saturated rings. The summed E-state index contributed by atoms with van der Waals surface area (Å²) < 4.78 is 11.0. The van der Waals surface area contributed by atoms with E-state index in [2.05, 4.69) is 26.0 Å². The highest BCUT2D eigenvalue weighted by molar-refractivity contribution is 5.36. The van der Waals surface area contributed by atoms with Crippen molar-refractivity contribution >= 4 is 0 Å². The molecule has 0 saturated heterocycles. The summed E-state index contributed by atoms with van der Waals surface area (Å²) in [5.74, 6) is 1.66. The molecule has 0 aromatic heterocycles. The van der Waals surface area contributed by atoms with Crippen molar-refractivity contribution in [2.24, 2.45) is 11.8 Å². The van der Waals surface area contributed by atoms with Crippen molar-refractivity contribution in [1.29, 1.82) is 0 Å². The van der Waals surface area contributed by atoms with Crippen molar-refractivity contribution < 1.29 is 9.47 Å². The van der Waals surface area contributed by atoms with Gasteiger partial charge in [-0.2, -0.15) is 0 Å². The maximum Gasteiger partial charge on any atom is 0.0568 e. The molecular formula is C26H46O2. The fraction of sp³-hybridized carbons (Fsp3) is 0.846. The number of rotatable bonds is 15. The molecule has 0 aliphatic heterocycles. The number of allylic oxidation sites excluding steroid dienone is 4. The van der Waals surface area contributed by atoms with E-state index in [0.29, 0.717) is 12.2 Å². The topological polar surface area (TPSA) is 18.5 Å². The van der Waals surface area contributed by atoms with Gasteiger partial charge in [0.25, 0.3) is 0 Å². The van der Waals surface area contributed by atoms with Gasteiger partial charge in [-0.1, -0.05) is 51.7 Å². The van der Waals surface area contributed by atoms with Crippen molar-refractivity contribution in [3.63, 3.8) is 0 Å². The van der Waals surface area contributed by atoms with Crippen molar-refractivity contribution in [3.05, 3.63) is 23.3 Å². The van der Waals surface area contributed by atoms with Crippen LogP contribution >= 0.6 is 0 Å². The minimum atomic E-state index is 0.470. The maximum absolute atomic E-state index is 5.50. The molecule has 0 N–H and O–H groups in total. The highest BCUT2D eigenvalue weighted by Gasteiger charge is 2.23. The molecule has 0 bridgehead atoms. The van der Waals surface area contributed by atoms with E-state index in [4.69, 9.17) is 9.47 Å². The van der Waals surface area contributed by atoms with E-state index in [0.717, 1.165) is 24.7 Å². The average molecular weight is 391 g/mol. The Kier molecular flexibility index (Phi) is 11.5. The number of unbranched alkanes of at least 4 members (excludes halogenated alkanes) is 2. The van der Waals surface area contributed by atoms with Crippen LogP contribution in [0.1, 0.15) is 104 Å². The molecule has 4 unspecified atom stereocenters. The summed E-state index contributed by atoms with van der Waals surface area (Å²) >= 11 is 0. The zero-order chi connectivity index (χ0) is 20.2. The molecule has 0 radical (unpaired) electrons. The third-order valence-corrected chi connectivity index (χ3v) is 7.13.